The van der Waals surface area contributed by atoms with Gasteiger partial charge in [0.2, 0.25) is 15.9 Å². The third-order valence-corrected chi connectivity index (χ3v) is 7.39. The van der Waals surface area contributed by atoms with Crippen molar-refractivity contribution in [1.82, 2.24) is 4.31 Å². The number of nitrogens with zero attached hydrogens (tertiary/aromatic N) is 1. The zero-order chi connectivity index (χ0) is 18.6. The maximum Gasteiger partial charge on any atom is 0.243 e. The van der Waals surface area contributed by atoms with Gasteiger partial charge in [-0.05, 0) is 60.9 Å². The van der Waals surface area contributed by atoms with E-state index in [0.717, 1.165) is 12.8 Å². The van der Waals surface area contributed by atoms with Gasteiger partial charge in [0.1, 0.15) is 0 Å². The van der Waals surface area contributed by atoms with Crippen LogP contribution in [-0.4, -0.2) is 31.7 Å². The molecule has 1 aliphatic rings. The molecule has 140 valence electrons. The summed E-state index contributed by atoms with van der Waals surface area (Å²) in [4.78, 5) is 13.5. The molecule has 0 saturated carbocycles. The van der Waals surface area contributed by atoms with Crippen molar-refractivity contribution in [3.05, 3.63) is 46.7 Å². The SMILES string of the molecule is C[C@H]1CCCN(S(=O)(=O)c2ccc(NC(=O)CCc3cccs3)cc2)C1. The van der Waals surface area contributed by atoms with Crippen LogP contribution in [0.15, 0.2) is 46.7 Å². The quantitative estimate of drug-likeness (QED) is 0.814. The molecule has 0 radical (unpaired) electrons. The summed E-state index contributed by atoms with van der Waals surface area (Å²) in [5.74, 6) is 0.319. The van der Waals surface area contributed by atoms with Gasteiger partial charge in [0.25, 0.3) is 0 Å². The van der Waals surface area contributed by atoms with Gasteiger partial charge in [-0.1, -0.05) is 13.0 Å². The van der Waals surface area contributed by atoms with Gasteiger partial charge < -0.3 is 5.32 Å². The highest BCUT2D eigenvalue weighted by molar-refractivity contribution is 7.89. The summed E-state index contributed by atoms with van der Waals surface area (Å²) in [6.07, 6.45) is 3.09. The standard InChI is InChI=1S/C19H24N2O3S2/c1-15-4-2-12-21(14-15)26(23,24)18-9-6-16(7-10-18)20-19(22)11-8-17-5-3-13-25-17/h3,5-7,9-10,13,15H,2,4,8,11-12,14H2,1H3,(H,20,22)/t15-/m0/s1. The molecule has 1 aliphatic heterocycles. The minimum Gasteiger partial charge on any atom is -0.326 e. The van der Waals surface area contributed by atoms with E-state index in [0.29, 0.717) is 37.5 Å². The Balaban J connectivity index is 1.59. The minimum atomic E-state index is -3.46. The van der Waals surface area contributed by atoms with Gasteiger partial charge in [-0.25, -0.2) is 8.42 Å². The zero-order valence-corrected chi connectivity index (χ0v) is 16.5. The zero-order valence-electron chi connectivity index (χ0n) is 14.8. The van der Waals surface area contributed by atoms with Crippen LogP contribution in [0.25, 0.3) is 0 Å². The van der Waals surface area contributed by atoms with E-state index in [1.165, 1.54) is 4.88 Å². The molecule has 2 aromatic rings. The van der Waals surface area contributed by atoms with E-state index in [4.69, 9.17) is 0 Å². The molecule has 5 nitrogen and oxygen atoms in total. The van der Waals surface area contributed by atoms with Crippen LogP contribution >= 0.6 is 11.3 Å². The second-order valence-corrected chi connectivity index (χ2v) is 9.73. The lowest BCUT2D eigenvalue weighted by molar-refractivity contribution is -0.116. The third kappa shape index (κ3) is 4.72. The van der Waals surface area contributed by atoms with Gasteiger partial charge >= 0.3 is 0 Å². The van der Waals surface area contributed by atoms with Gasteiger partial charge in [-0.2, -0.15) is 4.31 Å². The van der Waals surface area contributed by atoms with Crippen molar-refractivity contribution in [2.24, 2.45) is 5.92 Å². The Bertz CT molecular complexity index is 830. The van der Waals surface area contributed by atoms with E-state index in [1.54, 1.807) is 39.9 Å². The number of carbonyl (C=O) groups is 1. The number of aryl methyl sites for hydroxylation is 1. The Morgan fingerprint density at radius 3 is 2.69 bits per heavy atom. The average Bonchev–Trinajstić information content (AvgIpc) is 3.14. The summed E-state index contributed by atoms with van der Waals surface area (Å²) >= 11 is 1.64. The van der Waals surface area contributed by atoms with Gasteiger partial charge in [0.15, 0.2) is 0 Å². The number of nitrogens with one attached hydrogen (secondary N) is 1. The molecule has 26 heavy (non-hydrogen) atoms. The Hall–Kier alpha value is -1.70. The van der Waals surface area contributed by atoms with Gasteiger partial charge in [0.05, 0.1) is 4.90 Å². The number of anilines is 1. The van der Waals surface area contributed by atoms with Crippen LogP contribution < -0.4 is 5.32 Å². The molecule has 0 bridgehead atoms. The first-order chi connectivity index (χ1) is 12.4. The molecule has 7 heteroatoms. The van der Waals surface area contributed by atoms with Crippen LogP contribution in [0.5, 0.6) is 0 Å². The van der Waals surface area contributed by atoms with E-state index >= 15 is 0 Å². The molecule has 1 atom stereocenters. The summed E-state index contributed by atoms with van der Waals surface area (Å²) < 4.78 is 27.0. The molecular weight excluding hydrogens is 368 g/mol. The molecular formula is C19H24N2O3S2. The number of benzene rings is 1. The molecule has 1 N–H and O–H groups in total. The largest absolute Gasteiger partial charge is 0.326 e. The second-order valence-electron chi connectivity index (χ2n) is 6.76. The number of amides is 1. The first-order valence-electron chi connectivity index (χ1n) is 8.87. The second kappa shape index (κ2) is 8.33. The number of hydrogen-bond donors (Lipinski definition) is 1. The number of thiophene rings is 1. The van der Waals surface area contributed by atoms with Crippen molar-refractivity contribution >= 4 is 33.0 Å². The van der Waals surface area contributed by atoms with Crippen LogP contribution in [0, 0.1) is 5.92 Å². The highest BCUT2D eigenvalue weighted by Crippen LogP contribution is 2.24. The van der Waals surface area contributed by atoms with E-state index in [-0.39, 0.29) is 10.8 Å². The monoisotopic (exact) mass is 392 g/mol. The molecule has 2 heterocycles. The first-order valence-corrected chi connectivity index (χ1v) is 11.2. The predicted molar refractivity (Wildman–Crippen MR) is 105 cm³/mol. The molecule has 0 unspecified atom stereocenters. The fourth-order valence-corrected chi connectivity index (χ4v) is 5.45. The topological polar surface area (TPSA) is 66.5 Å². The number of carbonyl (C=O) groups excluding carboxylic acids is 1. The molecule has 1 aromatic carbocycles. The summed E-state index contributed by atoms with van der Waals surface area (Å²) in [6.45, 7) is 3.23. The van der Waals surface area contributed by atoms with Crippen molar-refractivity contribution in [2.75, 3.05) is 18.4 Å². The molecule has 3 rings (SSSR count). The Labute approximate surface area is 159 Å². The third-order valence-electron chi connectivity index (χ3n) is 4.57. The summed E-state index contributed by atoms with van der Waals surface area (Å²) in [5, 5.41) is 4.82. The highest BCUT2D eigenvalue weighted by Gasteiger charge is 2.28. The Morgan fingerprint density at radius 2 is 2.04 bits per heavy atom. The minimum absolute atomic E-state index is 0.0705. The molecule has 1 aromatic heterocycles. The number of hydrogen-bond acceptors (Lipinski definition) is 4. The fraction of sp³-hybridized carbons (Fsp3) is 0.421. The average molecular weight is 393 g/mol. The van der Waals surface area contributed by atoms with Crippen LogP contribution in [0.2, 0.25) is 0 Å². The Kier molecular flexibility index (Phi) is 6.11. The number of rotatable bonds is 6. The van der Waals surface area contributed by atoms with Crippen molar-refractivity contribution in [2.45, 2.75) is 37.5 Å². The Morgan fingerprint density at radius 1 is 1.27 bits per heavy atom. The van der Waals surface area contributed by atoms with Gasteiger partial charge in [0, 0.05) is 30.1 Å². The molecule has 0 spiro atoms. The number of piperidine rings is 1. The predicted octanol–water partition coefficient (Wildman–Crippen LogP) is 3.74. The molecule has 1 fully saturated rings. The van der Waals surface area contributed by atoms with E-state index in [1.807, 2.05) is 17.5 Å². The normalized spacial score (nSPS) is 18.6. The van der Waals surface area contributed by atoms with Crippen LogP contribution in [0.3, 0.4) is 0 Å². The maximum atomic E-state index is 12.7. The lowest BCUT2D eigenvalue weighted by Gasteiger charge is -2.30. The van der Waals surface area contributed by atoms with Crippen molar-refractivity contribution < 1.29 is 13.2 Å². The lowest BCUT2D eigenvalue weighted by atomic mass is 10.0. The number of sulfonamides is 1. The van der Waals surface area contributed by atoms with Crippen LogP contribution in [0.4, 0.5) is 5.69 Å². The maximum absolute atomic E-state index is 12.7. The van der Waals surface area contributed by atoms with Crippen molar-refractivity contribution in [1.29, 1.82) is 0 Å². The molecule has 1 saturated heterocycles. The summed E-state index contributed by atoms with van der Waals surface area (Å²) in [5.41, 5.74) is 0.618. The first kappa shape index (κ1) is 19.1. The summed E-state index contributed by atoms with van der Waals surface area (Å²) in [6, 6.07) is 10.4. The van der Waals surface area contributed by atoms with Gasteiger partial charge in [-0.15, -0.1) is 11.3 Å². The smallest absolute Gasteiger partial charge is 0.243 e. The van der Waals surface area contributed by atoms with Crippen molar-refractivity contribution in [3.63, 3.8) is 0 Å². The fourth-order valence-electron chi connectivity index (χ4n) is 3.14. The van der Waals surface area contributed by atoms with E-state index < -0.39 is 10.0 Å². The van der Waals surface area contributed by atoms with Crippen LogP contribution in [0.1, 0.15) is 31.1 Å². The molecule has 1 amide bonds. The van der Waals surface area contributed by atoms with Crippen molar-refractivity contribution in [3.8, 4) is 0 Å². The van der Waals surface area contributed by atoms with Gasteiger partial charge in [-0.3, -0.25) is 4.79 Å². The van der Waals surface area contributed by atoms with E-state index in [9.17, 15) is 13.2 Å². The highest BCUT2D eigenvalue weighted by atomic mass is 32.2. The summed E-state index contributed by atoms with van der Waals surface area (Å²) in [7, 11) is -3.46. The lowest BCUT2D eigenvalue weighted by Crippen LogP contribution is -2.39. The van der Waals surface area contributed by atoms with Crippen LogP contribution in [-0.2, 0) is 21.2 Å². The molecule has 0 aliphatic carbocycles. The van der Waals surface area contributed by atoms with E-state index in [2.05, 4.69) is 12.2 Å².